The molecule has 0 saturated heterocycles. The second kappa shape index (κ2) is 7.01. The molecule has 0 aromatic heterocycles. The van der Waals surface area contributed by atoms with E-state index in [1.807, 2.05) is 43.4 Å². The van der Waals surface area contributed by atoms with Gasteiger partial charge in [0.25, 0.3) is 0 Å². The molecule has 0 bridgehead atoms. The fraction of sp³-hybridized carbons (Fsp3) is 0.421. The molecule has 2 rings (SSSR count). The number of carbonyl (C=O) groups is 1. The summed E-state index contributed by atoms with van der Waals surface area (Å²) >= 11 is 0. The number of rotatable bonds is 5. The Bertz CT molecular complexity index is 689. The van der Waals surface area contributed by atoms with E-state index < -0.39 is 0 Å². The van der Waals surface area contributed by atoms with Crippen LogP contribution in [0, 0.1) is 0 Å². The number of hydrogen-bond acceptors (Lipinski definition) is 4. The first kappa shape index (κ1) is 17.3. The van der Waals surface area contributed by atoms with Crippen molar-refractivity contribution in [3.63, 3.8) is 0 Å². The SMILES string of the molecule is COc1cc2ccccc2cc1C(=O)OCCN(C)C(C)(C)C. The van der Waals surface area contributed by atoms with Gasteiger partial charge in [-0.3, -0.25) is 4.90 Å². The van der Waals surface area contributed by atoms with Crippen molar-refractivity contribution in [3.05, 3.63) is 42.0 Å². The summed E-state index contributed by atoms with van der Waals surface area (Å²) in [4.78, 5) is 14.5. The first-order valence-electron chi connectivity index (χ1n) is 7.78. The number of ether oxygens (including phenoxy) is 2. The van der Waals surface area contributed by atoms with E-state index in [-0.39, 0.29) is 11.5 Å². The molecule has 0 spiro atoms. The fourth-order valence-corrected chi connectivity index (χ4v) is 2.24. The average molecular weight is 315 g/mol. The lowest BCUT2D eigenvalue weighted by Crippen LogP contribution is -2.40. The Morgan fingerprint density at radius 2 is 1.74 bits per heavy atom. The number of carbonyl (C=O) groups excluding carboxylic acids is 1. The van der Waals surface area contributed by atoms with Crippen LogP contribution >= 0.6 is 0 Å². The van der Waals surface area contributed by atoms with Gasteiger partial charge in [0.1, 0.15) is 17.9 Å². The van der Waals surface area contributed by atoms with Crippen LogP contribution in [-0.2, 0) is 4.74 Å². The highest BCUT2D eigenvalue weighted by molar-refractivity contribution is 5.98. The Morgan fingerprint density at radius 1 is 1.13 bits per heavy atom. The van der Waals surface area contributed by atoms with Crippen molar-refractivity contribution in [2.45, 2.75) is 26.3 Å². The van der Waals surface area contributed by atoms with Gasteiger partial charge in [-0.1, -0.05) is 24.3 Å². The van der Waals surface area contributed by atoms with Gasteiger partial charge in [-0.05, 0) is 50.7 Å². The highest BCUT2D eigenvalue weighted by atomic mass is 16.5. The van der Waals surface area contributed by atoms with Crippen LogP contribution in [0.2, 0.25) is 0 Å². The van der Waals surface area contributed by atoms with Crippen molar-refractivity contribution in [1.29, 1.82) is 0 Å². The molecule has 2 aromatic rings. The van der Waals surface area contributed by atoms with Crippen molar-refractivity contribution in [2.75, 3.05) is 27.3 Å². The lowest BCUT2D eigenvalue weighted by atomic mass is 10.1. The minimum absolute atomic E-state index is 0.0487. The quantitative estimate of drug-likeness (QED) is 0.788. The van der Waals surface area contributed by atoms with Crippen LogP contribution in [0.15, 0.2) is 36.4 Å². The number of methoxy groups -OCH3 is 1. The number of fused-ring (bicyclic) bond motifs is 1. The molecule has 0 aliphatic carbocycles. The van der Waals surface area contributed by atoms with Gasteiger partial charge >= 0.3 is 5.97 Å². The second-order valence-corrected chi connectivity index (χ2v) is 6.63. The molecule has 0 heterocycles. The zero-order valence-electron chi connectivity index (χ0n) is 14.6. The molecule has 2 aromatic carbocycles. The lowest BCUT2D eigenvalue weighted by Gasteiger charge is -2.31. The third kappa shape index (κ3) is 4.23. The minimum Gasteiger partial charge on any atom is -0.496 e. The summed E-state index contributed by atoms with van der Waals surface area (Å²) < 4.78 is 10.8. The van der Waals surface area contributed by atoms with Crippen LogP contribution in [0.25, 0.3) is 10.8 Å². The van der Waals surface area contributed by atoms with E-state index in [9.17, 15) is 4.79 Å². The van der Waals surface area contributed by atoms with Gasteiger partial charge < -0.3 is 9.47 Å². The largest absolute Gasteiger partial charge is 0.496 e. The standard InChI is InChI=1S/C19H25NO3/c1-19(2,3)20(4)10-11-23-18(21)16-12-14-8-6-7-9-15(14)13-17(16)22-5/h6-9,12-13H,10-11H2,1-5H3. The Kier molecular flexibility index (Phi) is 5.26. The molecule has 4 nitrogen and oxygen atoms in total. The van der Waals surface area contributed by atoms with Crippen molar-refractivity contribution >= 4 is 16.7 Å². The Labute approximate surface area is 138 Å². The van der Waals surface area contributed by atoms with Crippen molar-refractivity contribution in [1.82, 2.24) is 4.90 Å². The zero-order valence-corrected chi connectivity index (χ0v) is 14.6. The predicted octanol–water partition coefficient (Wildman–Crippen LogP) is 3.74. The monoisotopic (exact) mass is 315 g/mol. The van der Waals surface area contributed by atoms with Crippen molar-refractivity contribution in [2.24, 2.45) is 0 Å². The molecule has 124 valence electrons. The fourth-order valence-electron chi connectivity index (χ4n) is 2.24. The maximum Gasteiger partial charge on any atom is 0.341 e. The van der Waals surface area contributed by atoms with Gasteiger partial charge in [-0.2, -0.15) is 0 Å². The predicted molar refractivity (Wildman–Crippen MR) is 93.2 cm³/mol. The van der Waals surface area contributed by atoms with E-state index >= 15 is 0 Å². The number of esters is 1. The molecule has 0 amide bonds. The second-order valence-electron chi connectivity index (χ2n) is 6.63. The summed E-state index contributed by atoms with van der Waals surface area (Å²) in [5, 5.41) is 2.03. The maximum atomic E-state index is 12.4. The van der Waals surface area contributed by atoms with Crippen molar-refractivity contribution in [3.8, 4) is 5.75 Å². The van der Waals surface area contributed by atoms with E-state index in [4.69, 9.17) is 9.47 Å². The maximum absolute atomic E-state index is 12.4. The highest BCUT2D eigenvalue weighted by Crippen LogP contribution is 2.26. The van der Waals surface area contributed by atoms with Crippen LogP contribution in [0.1, 0.15) is 31.1 Å². The molecule has 0 atom stereocenters. The van der Waals surface area contributed by atoms with Gasteiger partial charge in [-0.25, -0.2) is 4.79 Å². The van der Waals surface area contributed by atoms with Crippen LogP contribution in [0.5, 0.6) is 5.75 Å². The van der Waals surface area contributed by atoms with Gasteiger partial charge in [0.05, 0.1) is 7.11 Å². The summed E-state index contributed by atoms with van der Waals surface area (Å²) in [6.45, 7) is 7.41. The van der Waals surface area contributed by atoms with Gasteiger partial charge in [-0.15, -0.1) is 0 Å². The molecule has 0 aliphatic rings. The summed E-state index contributed by atoms with van der Waals surface area (Å²) in [6.07, 6.45) is 0. The molecule has 4 heteroatoms. The lowest BCUT2D eigenvalue weighted by molar-refractivity contribution is 0.0420. The molecule has 0 radical (unpaired) electrons. The third-order valence-electron chi connectivity index (χ3n) is 4.09. The van der Waals surface area contributed by atoms with E-state index in [0.29, 0.717) is 24.5 Å². The van der Waals surface area contributed by atoms with E-state index in [1.54, 1.807) is 7.11 Å². The topological polar surface area (TPSA) is 38.8 Å². The number of likely N-dealkylation sites (N-methyl/N-ethyl adjacent to an activating group) is 1. The molecule has 0 N–H and O–H groups in total. The highest BCUT2D eigenvalue weighted by Gasteiger charge is 2.18. The van der Waals surface area contributed by atoms with Gasteiger partial charge in [0.15, 0.2) is 0 Å². The van der Waals surface area contributed by atoms with Crippen LogP contribution in [0.3, 0.4) is 0 Å². The van der Waals surface area contributed by atoms with Crippen LogP contribution < -0.4 is 4.74 Å². The van der Waals surface area contributed by atoms with Crippen LogP contribution in [-0.4, -0.2) is 43.7 Å². The Morgan fingerprint density at radius 3 is 2.30 bits per heavy atom. The Hall–Kier alpha value is -2.07. The van der Waals surface area contributed by atoms with Gasteiger partial charge in [0, 0.05) is 12.1 Å². The van der Waals surface area contributed by atoms with Crippen molar-refractivity contribution < 1.29 is 14.3 Å². The third-order valence-corrected chi connectivity index (χ3v) is 4.09. The first-order chi connectivity index (χ1) is 10.8. The normalized spacial score (nSPS) is 11.7. The molecule has 0 unspecified atom stereocenters. The van der Waals surface area contributed by atoms with Crippen LogP contribution in [0.4, 0.5) is 0 Å². The molecular weight excluding hydrogens is 290 g/mol. The molecule has 0 fully saturated rings. The molecular formula is C19H25NO3. The van der Waals surface area contributed by atoms with E-state index in [2.05, 4.69) is 25.7 Å². The summed E-state index contributed by atoms with van der Waals surface area (Å²) in [5.41, 5.74) is 0.511. The summed E-state index contributed by atoms with van der Waals surface area (Å²) in [5.74, 6) is 0.188. The number of hydrogen-bond donors (Lipinski definition) is 0. The smallest absolute Gasteiger partial charge is 0.341 e. The van der Waals surface area contributed by atoms with E-state index in [0.717, 1.165) is 10.8 Å². The first-order valence-corrected chi connectivity index (χ1v) is 7.78. The minimum atomic E-state index is -0.352. The molecule has 0 saturated carbocycles. The summed E-state index contributed by atoms with van der Waals surface area (Å²) in [7, 11) is 3.58. The molecule has 0 aliphatic heterocycles. The summed E-state index contributed by atoms with van der Waals surface area (Å²) in [6, 6.07) is 11.6. The number of nitrogens with zero attached hydrogens (tertiary/aromatic N) is 1. The molecule has 23 heavy (non-hydrogen) atoms. The average Bonchev–Trinajstić information content (AvgIpc) is 2.52. The van der Waals surface area contributed by atoms with Gasteiger partial charge in [0.2, 0.25) is 0 Å². The Balaban J connectivity index is 2.11. The zero-order chi connectivity index (χ0) is 17.0. The van der Waals surface area contributed by atoms with E-state index in [1.165, 1.54) is 0 Å². The number of benzene rings is 2.